The van der Waals surface area contributed by atoms with Crippen LogP contribution in [0.5, 0.6) is 0 Å². The van der Waals surface area contributed by atoms with E-state index in [9.17, 15) is 4.79 Å². The van der Waals surface area contributed by atoms with E-state index in [4.69, 9.17) is 5.26 Å². The molecule has 1 atom stereocenters. The summed E-state index contributed by atoms with van der Waals surface area (Å²) in [6, 6.07) is 2.03. The molecule has 1 rings (SSSR count). The van der Waals surface area contributed by atoms with Crippen molar-refractivity contribution in [1.29, 1.82) is 5.26 Å². The Labute approximate surface area is 101 Å². The van der Waals surface area contributed by atoms with Crippen molar-refractivity contribution >= 4 is 11.6 Å². The van der Waals surface area contributed by atoms with Crippen LogP contribution in [0.25, 0.3) is 0 Å². The molecule has 1 amide bonds. The fourth-order valence-electron chi connectivity index (χ4n) is 1.66. The van der Waals surface area contributed by atoms with Crippen LogP contribution in [0.3, 0.4) is 0 Å². The minimum Gasteiger partial charge on any atom is -0.322 e. The SMILES string of the molecule is CCCC(C#N)C(=O)Nc1cn(C)nc1CC. The molecule has 17 heavy (non-hydrogen) atoms. The van der Waals surface area contributed by atoms with Gasteiger partial charge in [0.25, 0.3) is 0 Å². The lowest BCUT2D eigenvalue weighted by Crippen LogP contribution is -2.21. The summed E-state index contributed by atoms with van der Waals surface area (Å²) in [6.07, 6.45) is 3.92. The van der Waals surface area contributed by atoms with Crippen molar-refractivity contribution in [1.82, 2.24) is 9.78 Å². The first-order valence-corrected chi connectivity index (χ1v) is 5.85. The molecular weight excluding hydrogens is 216 g/mol. The van der Waals surface area contributed by atoms with E-state index in [-0.39, 0.29) is 5.91 Å². The third kappa shape index (κ3) is 3.31. The van der Waals surface area contributed by atoms with Crippen molar-refractivity contribution < 1.29 is 4.79 Å². The Bertz CT molecular complexity index is 430. The van der Waals surface area contributed by atoms with Crippen LogP contribution in [0.2, 0.25) is 0 Å². The van der Waals surface area contributed by atoms with E-state index in [0.29, 0.717) is 12.1 Å². The smallest absolute Gasteiger partial charge is 0.241 e. The van der Waals surface area contributed by atoms with Gasteiger partial charge in [0.15, 0.2) is 0 Å². The maximum absolute atomic E-state index is 11.8. The summed E-state index contributed by atoms with van der Waals surface area (Å²) < 4.78 is 1.66. The zero-order valence-electron chi connectivity index (χ0n) is 10.5. The highest BCUT2D eigenvalue weighted by Gasteiger charge is 2.18. The molecule has 1 N–H and O–H groups in total. The van der Waals surface area contributed by atoms with Crippen LogP contribution < -0.4 is 5.32 Å². The largest absolute Gasteiger partial charge is 0.322 e. The van der Waals surface area contributed by atoms with Gasteiger partial charge in [-0.25, -0.2) is 0 Å². The van der Waals surface area contributed by atoms with E-state index >= 15 is 0 Å². The van der Waals surface area contributed by atoms with E-state index in [1.54, 1.807) is 10.9 Å². The first kappa shape index (κ1) is 13.2. The van der Waals surface area contributed by atoms with Crippen LogP contribution in [0.15, 0.2) is 6.20 Å². The molecule has 0 aliphatic heterocycles. The van der Waals surface area contributed by atoms with Gasteiger partial charge in [-0.3, -0.25) is 9.48 Å². The fourth-order valence-corrected chi connectivity index (χ4v) is 1.66. The second-order valence-corrected chi connectivity index (χ2v) is 3.98. The quantitative estimate of drug-likeness (QED) is 0.845. The summed E-state index contributed by atoms with van der Waals surface area (Å²) >= 11 is 0. The van der Waals surface area contributed by atoms with Crippen LogP contribution in [-0.4, -0.2) is 15.7 Å². The molecule has 92 valence electrons. The number of hydrogen-bond acceptors (Lipinski definition) is 3. The Hall–Kier alpha value is -1.83. The van der Waals surface area contributed by atoms with Gasteiger partial charge < -0.3 is 5.32 Å². The van der Waals surface area contributed by atoms with Crippen molar-refractivity contribution in [3.8, 4) is 6.07 Å². The van der Waals surface area contributed by atoms with Crippen molar-refractivity contribution in [2.45, 2.75) is 33.1 Å². The molecule has 0 bridgehead atoms. The fraction of sp³-hybridized carbons (Fsp3) is 0.583. The van der Waals surface area contributed by atoms with Crippen molar-refractivity contribution in [2.24, 2.45) is 13.0 Å². The summed E-state index contributed by atoms with van der Waals surface area (Å²) in [5, 5.41) is 15.9. The zero-order valence-corrected chi connectivity index (χ0v) is 10.5. The number of carbonyl (C=O) groups excluding carboxylic acids is 1. The van der Waals surface area contributed by atoms with E-state index in [2.05, 4.69) is 10.4 Å². The van der Waals surface area contributed by atoms with Gasteiger partial charge in [-0.15, -0.1) is 0 Å². The molecule has 1 aromatic rings. The number of carbonyl (C=O) groups is 1. The monoisotopic (exact) mass is 234 g/mol. The molecule has 0 fully saturated rings. The molecule has 0 aliphatic carbocycles. The molecular formula is C12H18N4O. The Morgan fingerprint density at radius 3 is 2.88 bits per heavy atom. The number of amides is 1. The molecule has 0 saturated heterocycles. The van der Waals surface area contributed by atoms with Gasteiger partial charge in [-0.2, -0.15) is 10.4 Å². The normalized spacial score (nSPS) is 11.9. The van der Waals surface area contributed by atoms with E-state index < -0.39 is 5.92 Å². The number of nitriles is 1. The molecule has 1 unspecified atom stereocenters. The van der Waals surface area contributed by atoms with Crippen LogP contribution >= 0.6 is 0 Å². The number of nitrogens with one attached hydrogen (secondary N) is 1. The summed E-state index contributed by atoms with van der Waals surface area (Å²) in [7, 11) is 1.81. The predicted molar refractivity (Wildman–Crippen MR) is 65.2 cm³/mol. The number of rotatable bonds is 5. The Morgan fingerprint density at radius 2 is 2.35 bits per heavy atom. The number of nitrogens with zero attached hydrogens (tertiary/aromatic N) is 3. The highest BCUT2D eigenvalue weighted by molar-refractivity contribution is 5.94. The third-order valence-corrected chi connectivity index (χ3v) is 2.55. The van der Waals surface area contributed by atoms with Crippen LogP contribution in [0, 0.1) is 17.2 Å². The Balaban J connectivity index is 2.76. The van der Waals surface area contributed by atoms with Gasteiger partial charge in [-0.1, -0.05) is 20.3 Å². The minimum absolute atomic E-state index is 0.239. The number of aryl methyl sites for hydroxylation is 2. The van der Waals surface area contributed by atoms with E-state index in [1.165, 1.54) is 0 Å². The second-order valence-electron chi connectivity index (χ2n) is 3.98. The first-order chi connectivity index (χ1) is 8.12. The molecule has 5 heteroatoms. The number of hydrogen-bond donors (Lipinski definition) is 1. The summed E-state index contributed by atoms with van der Waals surface area (Å²) in [6.45, 7) is 3.94. The highest BCUT2D eigenvalue weighted by atomic mass is 16.1. The lowest BCUT2D eigenvalue weighted by atomic mass is 10.0. The van der Waals surface area contributed by atoms with Crippen molar-refractivity contribution in [3.63, 3.8) is 0 Å². The maximum Gasteiger partial charge on any atom is 0.241 e. The third-order valence-electron chi connectivity index (χ3n) is 2.55. The van der Waals surface area contributed by atoms with Crippen molar-refractivity contribution in [3.05, 3.63) is 11.9 Å². The van der Waals surface area contributed by atoms with Crippen LogP contribution in [-0.2, 0) is 18.3 Å². The molecule has 1 aromatic heterocycles. The number of anilines is 1. The summed E-state index contributed by atoms with van der Waals surface area (Å²) in [5.74, 6) is -0.818. The van der Waals surface area contributed by atoms with Gasteiger partial charge in [0.05, 0.1) is 17.5 Å². The van der Waals surface area contributed by atoms with Gasteiger partial charge >= 0.3 is 0 Å². The van der Waals surface area contributed by atoms with Gasteiger partial charge in [0.1, 0.15) is 5.92 Å². The average molecular weight is 234 g/mol. The van der Waals surface area contributed by atoms with Crippen LogP contribution in [0.1, 0.15) is 32.4 Å². The van der Waals surface area contributed by atoms with E-state index in [1.807, 2.05) is 27.0 Å². The van der Waals surface area contributed by atoms with Gasteiger partial charge in [-0.05, 0) is 12.8 Å². The molecule has 0 spiro atoms. The highest BCUT2D eigenvalue weighted by Crippen LogP contribution is 2.16. The molecule has 0 radical (unpaired) electrons. The standard InChI is InChI=1S/C12H18N4O/c1-4-6-9(7-13)12(17)14-11-8-16(3)15-10(11)5-2/h8-9H,4-6H2,1-3H3,(H,14,17). The summed E-state index contributed by atoms with van der Waals surface area (Å²) in [5.41, 5.74) is 1.55. The average Bonchev–Trinajstić information content (AvgIpc) is 2.66. The molecule has 5 nitrogen and oxygen atoms in total. The molecule has 0 aliphatic rings. The zero-order chi connectivity index (χ0) is 12.8. The predicted octanol–water partition coefficient (Wildman–Crippen LogP) is 1.86. The molecule has 0 saturated carbocycles. The maximum atomic E-state index is 11.8. The first-order valence-electron chi connectivity index (χ1n) is 5.85. The lowest BCUT2D eigenvalue weighted by Gasteiger charge is -2.08. The second kappa shape index (κ2) is 6.04. The lowest BCUT2D eigenvalue weighted by molar-refractivity contribution is -0.118. The molecule has 1 heterocycles. The Morgan fingerprint density at radius 1 is 1.65 bits per heavy atom. The minimum atomic E-state index is -0.579. The van der Waals surface area contributed by atoms with Crippen molar-refractivity contribution in [2.75, 3.05) is 5.32 Å². The van der Waals surface area contributed by atoms with E-state index in [0.717, 1.165) is 18.5 Å². The number of aromatic nitrogens is 2. The summed E-state index contributed by atoms with van der Waals surface area (Å²) in [4.78, 5) is 11.8. The van der Waals surface area contributed by atoms with Gasteiger partial charge in [0, 0.05) is 13.2 Å². The molecule has 0 aromatic carbocycles. The van der Waals surface area contributed by atoms with Crippen LogP contribution in [0.4, 0.5) is 5.69 Å². The Kier molecular flexibility index (Phi) is 4.70. The topological polar surface area (TPSA) is 70.7 Å². The van der Waals surface area contributed by atoms with Gasteiger partial charge in [0.2, 0.25) is 5.91 Å².